The van der Waals surface area contributed by atoms with Crippen molar-refractivity contribution in [1.29, 1.82) is 0 Å². The van der Waals surface area contributed by atoms with Gasteiger partial charge in [0.2, 0.25) is 0 Å². The van der Waals surface area contributed by atoms with Crippen LogP contribution in [0.5, 0.6) is 0 Å². The van der Waals surface area contributed by atoms with Crippen LogP contribution in [0.15, 0.2) is 30.6 Å². The van der Waals surface area contributed by atoms with E-state index >= 15 is 0 Å². The van der Waals surface area contributed by atoms with Crippen LogP contribution in [0, 0.1) is 18.8 Å². The number of aliphatic hydroxyl groups excluding tert-OH is 1. The first kappa shape index (κ1) is 18.8. The number of hydrogen-bond donors (Lipinski definition) is 3. The second-order valence-corrected chi connectivity index (χ2v) is 7.04. The molecule has 4 atom stereocenters. The maximum atomic E-state index is 12.7. The molecular formula is C18H24ClN5O2. The largest absolute Gasteiger partial charge is 0.391 e. The molecule has 0 spiro atoms. The number of nitrogens with zero attached hydrogens (tertiary/aromatic N) is 3. The molecule has 0 unspecified atom stereocenters. The van der Waals surface area contributed by atoms with Crippen LogP contribution < -0.4 is 10.6 Å². The topological polar surface area (TPSA) is 92.1 Å². The van der Waals surface area contributed by atoms with E-state index in [0.717, 1.165) is 31.6 Å². The predicted octanol–water partition coefficient (Wildman–Crippen LogP) is 1.09. The number of nitrogens with one attached hydrogen (secondary N) is 2. The molecule has 0 aromatic carbocycles. The lowest BCUT2D eigenvalue weighted by Gasteiger charge is -2.35. The number of fused-ring (bicyclic) bond motifs is 1. The fraction of sp³-hybridized carbons (Fsp3) is 0.500. The van der Waals surface area contributed by atoms with Crippen molar-refractivity contribution < 1.29 is 9.90 Å². The van der Waals surface area contributed by atoms with E-state index in [-0.39, 0.29) is 24.4 Å². The van der Waals surface area contributed by atoms with Gasteiger partial charge in [0.25, 0.3) is 5.91 Å². The van der Waals surface area contributed by atoms with Crippen LogP contribution in [0.1, 0.15) is 28.9 Å². The number of hydrogen-bond acceptors (Lipinski definition) is 5. The molecule has 2 aromatic rings. The molecule has 3 heterocycles. The van der Waals surface area contributed by atoms with E-state index in [0.29, 0.717) is 23.2 Å². The zero-order chi connectivity index (χ0) is 17.4. The Bertz CT molecular complexity index is 766. The minimum atomic E-state index is -0.490. The normalized spacial score (nSPS) is 27.5. The molecule has 3 N–H and O–H groups in total. The molecule has 7 nitrogen and oxygen atoms in total. The standard InChI is InChI=1S/C18H23N5O2.ClH/c1-11-14(10-21-23(11)17-4-2-3-5-20-17)18(25)22-15-6-12-8-19-9-13(12)7-16(15)24;/h2-5,10,12-13,15-16,19,24H,6-9H2,1H3,(H,22,25);1H/t12-,13+,15-,16-;/m0./s1. The summed E-state index contributed by atoms with van der Waals surface area (Å²) in [7, 11) is 0. The summed E-state index contributed by atoms with van der Waals surface area (Å²) in [6.07, 6.45) is 4.33. The van der Waals surface area contributed by atoms with Gasteiger partial charge in [-0.1, -0.05) is 6.07 Å². The average Bonchev–Trinajstić information content (AvgIpc) is 3.22. The monoisotopic (exact) mass is 377 g/mol. The Morgan fingerprint density at radius 1 is 1.31 bits per heavy atom. The number of halogens is 1. The van der Waals surface area contributed by atoms with Crippen LogP contribution in [0.2, 0.25) is 0 Å². The van der Waals surface area contributed by atoms with Crippen molar-refractivity contribution in [3.63, 3.8) is 0 Å². The Hall–Kier alpha value is -1.96. The lowest BCUT2D eigenvalue weighted by molar-refractivity contribution is 0.0462. The fourth-order valence-corrected chi connectivity index (χ4v) is 4.04. The number of amides is 1. The van der Waals surface area contributed by atoms with Crippen molar-refractivity contribution >= 4 is 18.3 Å². The van der Waals surface area contributed by atoms with Gasteiger partial charge < -0.3 is 15.7 Å². The van der Waals surface area contributed by atoms with Gasteiger partial charge in [0.05, 0.1) is 29.6 Å². The van der Waals surface area contributed by atoms with E-state index < -0.39 is 6.10 Å². The van der Waals surface area contributed by atoms with E-state index in [2.05, 4.69) is 20.7 Å². The van der Waals surface area contributed by atoms with Gasteiger partial charge in [-0.3, -0.25) is 4.79 Å². The zero-order valence-electron chi connectivity index (χ0n) is 14.6. The molecule has 4 rings (SSSR count). The highest BCUT2D eigenvalue weighted by atomic mass is 35.5. The van der Waals surface area contributed by atoms with Gasteiger partial charge in [-0.05, 0) is 56.8 Å². The molecule has 26 heavy (non-hydrogen) atoms. The highest BCUT2D eigenvalue weighted by molar-refractivity contribution is 5.95. The summed E-state index contributed by atoms with van der Waals surface area (Å²) in [6.45, 7) is 3.80. The molecule has 140 valence electrons. The van der Waals surface area contributed by atoms with Crippen molar-refractivity contribution in [1.82, 2.24) is 25.4 Å². The van der Waals surface area contributed by atoms with Crippen molar-refractivity contribution in [2.75, 3.05) is 13.1 Å². The highest BCUT2D eigenvalue weighted by Crippen LogP contribution is 2.33. The third-order valence-electron chi connectivity index (χ3n) is 5.48. The maximum absolute atomic E-state index is 12.7. The summed E-state index contributed by atoms with van der Waals surface area (Å²) in [5, 5.41) is 21.1. The average molecular weight is 378 g/mol. The van der Waals surface area contributed by atoms with Crippen molar-refractivity contribution in [3.8, 4) is 5.82 Å². The minimum absolute atomic E-state index is 0. The van der Waals surface area contributed by atoms with Crippen LogP contribution in [0.25, 0.3) is 5.82 Å². The third kappa shape index (κ3) is 3.47. The molecule has 0 radical (unpaired) electrons. The molecule has 1 saturated heterocycles. The van der Waals surface area contributed by atoms with Crippen molar-refractivity contribution in [2.45, 2.75) is 31.9 Å². The van der Waals surface area contributed by atoms with Gasteiger partial charge in [0.1, 0.15) is 0 Å². The number of pyridine rings is 1. The van der Waals surface area contributed by atoms with E-state index in [1.54, 1.807) is 17.1 Å². The number of aliphatic hydroxyl groups is 1. The SMILES string of the molecule is Cc1c(C(=O)N[C@H]2C[C@H]3CNC[C@H]3C[C@@H]2O)cnn1-c1ccccn1.Cl. The van der Waals surface area contributed by atoms with Crippen LogP contribution in [-0.4, -0.2) is 51.0 Å². The van der Waals surface area contributed by atoms with Gasteiger partial charge in [-0.15, -0.1) is 12.4 Å². The lowest BCUT2D eigenvalue weighted by atomic mass is 9.77. The Morgan fingerprint density at radius 2 is 2.08 bits per heavy atom. The van der Waals surface area contributed by atoms with Gasteiger partial charge in [-0.2, -0.15) is 5.10 Å². The molecule has 1 aliphatic heterocycles. The lowest BCUT2D eigenvalue weighted by Crippen LogP contribution is -2.49. The first-order valence-electron chi connectivity index (χ1n) is 8.79. The number of carbonyl (C=O) groups is 1. The summed E-state index contributed by atoms with van der Waals surface area (Å²) in [5.41, 5.74) is 1.26. The maximum Gasteiger partial charge on any atom is 0.255 e. The van der Waals surface area contributed by atoms with E-state index in [1.165, 1.54) is 0 Å². The second-order valence-electron chi connectivity index (χ2n) is 7.04. The van der Waals surface area contributed by atoms with Crippen molar-refractivity contribution in [3.05, 3.63) is 41.9 Å². The minimum Gasteiger partial charge on any atom is -0.391 e. The summed E-state index contributed by atoms with van der Waals surface area (Å²) in [6, 6.07) is 5.37. The van der Waals surface area contributed by atoms with Crippen LogP contribution in [0.4, 0.5) is 0 Å². The quantitative estimate of drug-likeness (QED) is 0.744. The van der Waals surface area contributed by atoms with E-state index in [1.807, 2.05) is 25.1 Å². The van der Waals surface area contributed by atoms with Crippen molar-refractivity contribution in [2.24, 2.45) is 11.8 Å². The molecule has 8 heteroatoms. The fourth-order valence-electron chi connectivity index (χ4n) is 4.04. The third-order valence-corrected chi connectivity index (χ3v) is 5.48. The number of carbonyl (C=O) groups excluding carboxylic acids is 1. The zero-order valence-corrected chi connectivity index (χ0v) is 15.4. The van der Waals surface area contributed by atoms with E-state index in [4.69, 9.17) is 0 Å². The molecule has 1 aliphatic carbocycles. The summed E-state index contributed by atoms with van der Waals surface area (Å²) in [5.74, 6) is 1.55. The first-order chi connectivity index (χ1) is 12.1. The van der Waals surface area contributed by atoms with Crippen LogP contribution in [0.3, 0.4) is 0 Å². The molecule has 2 fully saturated rings. The molecule has 0 bridgehead atoms. The Balaban J connectivity index is 0.00000196. The molecule has 2 aromatic heterocycles. The highest BCUT2D eigenvalue weighted by Gasteiger charge is 2.39. The predicted molar refractivity (Wildman–Crippen MR) is 99.7 cm³/mol. The molecule has 2 aliphatic rings. The molecule has 1 saturated carbocycles. The smallest absolute Gasteiger partial charge is 0.255 e. The Labute approximate surface area is 158 Å². The molecular weight excluding hydrogens is 354 g/mol. The first-order valence-corrected chi connectivity index (χ1v) is 8.79. The number of aromatic nitrogens is 3. The second kappa shape index (κ2) is 7.73. The van der Waals surface area contributed by atoms with Gasteiger partial charge in [-0.25, -0.2) is 9.67 Å². The van der Waals surface area contributed by atoms with Gasteiger partial charge >= 0.3 is 0 Å². The van der Waals surface area contributed by atoms with Gasteiger partial charge in [0.15, 0.2) is 5.82 Å². The summed E-state index contributed by atoms with van der Waals surface area (Å²) >= 11 is 0. The summed E-state index contributed by atoms with van der Waals surface area (Å²) < 4.78 is 1.66. The van der Waals surface area contributed by atoms with E-state index in [9.17, 15) is 9.90 Å². The molecule has 1 amide bonds. The summed E-state index contributed by atoms with van der Waals surface area (Å²) in [4.78, 5) is 17.0. The Kier molecular flexibility index (Phi) is 5.60. The number of rotatable bonds is 3. The van der Waals surface area contributed by atoms with Crippen LogP contribution in [-0.2, 0) is 0 Å². The Morgan fingerprint density at radius 3 is 2.81 bits per heavy atom. The van der Waals surface area contributed by atoms with Gasteiger partial charge in [0, 0.05) is 6.20 Å². The van der Waals surface area contributed by atoms with Crippen LogP contribution >= 0.6 is 12.4 Å².